The lowest BCUT2D eigenvalue weighted by molar-refractivity contribution is 0.0320. The highest BCUT2D eigenvalue weighted by Crippen LogP contribution is 2.18. The minimum absolute atomic E-state index is 0.806. The molecule has 4 rings (SSSR count). The summed E-state index contributed by atoms with van der Waals surface area (Å²) in [7, 11) is 0. The number of hydrogen-bond acceptors (Lipinski definition) is 6. The fourth-order valence-electron chi connectivity index (χ4n) is 3.24. The average Bonchev–Trinajstić information content (AvgIpc) is 3.43. The van der Waals surface area contributed by atoms with E-state index in [0.717, 1.165) is 63.4 Å². The van der Waals surface area contributed by atoms with Crippen molar-refractivity contribution < 1.29 is 9.15 Å². The Morgan fingerprint density at radius 3 is 2.85 bits per heavy atom. The molecular weight excluding hydrogens is 348 g/mol. The summed E-state index contributed by atoms with van der Waals surface area (Å²) >= 11 is 1.66. The molecule has 0 unspecified atom stereocenters. The molecule has 3 aromatic heterocycles. The molecule has 0 aromatic carbocycles. The second-order valence-electron chi connectivity index (χ2n) is 6.43. The molecule has 0 spiro atoms. The zero-order valence-corrected chi connectivity index (χ0v) is 15.6. The second kappa shape index (κ2) is 8.64. The van der Waals surface area contributed by atoms with Crippen LogP contribution >= 0.6 is 11.3 Å². The van der Waals surface area contributed by atoms with Crippen LogP contribution in [0, 0.1) is 0 Å². The Kier molecular flexibility index (Phi) is 5.81. The quantitative estimate of drug-likeness (QED) is 0.608. The van der Waals surface area contributed by atoms with E-state index in [0.29, 0.717) is 0 Å². The maximum absolute atomic E-state index is 5.59. The molecule has 0 aliphatic carbocycles. The number of thiazole rings is 1. The molecule has 26 heavy (non-hydrogen) atoms. The predicted octanol–water partition coefficient (Wildman–Crippen LogP) is 2.86. The van der Waals surface area contributed by atoms with Gasteiger partial charge in [0.1, 0.15) is 5.76 Å². The van der Waals surface area contributed by atoms with Crippen molar-refractivity contribution in [2.24, 2.45) is 0 Å². The largest absolute Gasteiger partial charge is 0.468 e. The van der Waals surface area contributed by atoms with Crippen LogP contribution in [0.4, 0.5) is 0 Å². The summed E-state index contributed by atoms with van der Waals surface area (Å²) in [6.45, 7) is 7.41. The van der Waals surface area contributed by atoms with Crippen molar-refractivity contribution in [3.05, 3.63) is 59.8 Å². The van der Waals surface area contributed by atoms with Crippen LogP contribution in [0.2, 0.25) is 0 Å². The van der Waals surface area contributed by atoms with Crippen LogP contribution in [-0.4, -0.2) is 58.7 Å². The first-order chi connectivity index (χ1) is 12.9. The Bertz CT molecular complexity index is 763. The third kappa shape index (κ3) is 4.42. The van der Waals surface area contributed by atoms with Gasteiger partial charge in [-0.15, -0.1) is 11.3 Å². The van der Waals surface area contributed by atoms with Crippen molar-refractivity contribution in [2.75, 3.05) is 39.4 Å². The molecule has 0 N–H and O–H groups in total. The molecule has 6 nitrogen and oxygen atoms in total. The highest BCUT2D eigenvalue weighted by Gasteiger charge is 2.16. The molecule has 0 amide bonds. The molecule has 1 aliphatic rings. The summed E-state index contributed by atoms with van der Waals surface area (Å²) in [5.74, 6) is 0.999. The molecule has 7 heteroatoms. The maximum Gasteiger partial charge on any atom is 0.193 e. The van der Waals surface area contributed by atoms with Crippen molar-refractivity contribution in [1.29, 1.82) is 0 Å². The summed E-state index contributed by atoms with van der Waals surface area (Å²) in [5.41, 5.74) is 1.24. The van der Waals surface area contributed by atoms with Crippen LogP contribution in [0.3, 0.4) is 0 Å². The molecule has 1 aliphatic heterocycles. The van der Waals surface area contributed by atoms with Crippen molar-refractivity contribution in [3.8, 4) is 5.13 Å². The van der Waals surface area contributed by atoms with E-state index < -0.39 is 0 Å². The van der Waals surface area contributed by atoms with Crippen LogP contribution < -0.4 is 0 Å². The Morgan fingerprint density at radius 2 is 2.08 bits per heavy atom. The highest BCUT2D eigenvalue weighted by molar-refractivity contribution is 7.12. The molecule has 0 atom stereocenters. The number of hydrogen-bond donors (Lipinski definition) is 0. The summed E-state index contributed by atoms with van der Waals surface area (Å²) in [6.07, 6.45) is 5.68. The van der Waals surface area contributed by atoms with Crippen LogP contribution in [0.1, 0.15) is 11.5 Å². The van der Waals surface area contributed by atoms with Crippen molar-refractivity contribution in [3.63, 3.8) is 0 Å². The Morgan fingerprint density at radius 1 is 1.15 bits per heavy atom. The molecule has 4 heterocycles. The lowest BCUT2D eigenvalue weighted by atomic mass is 10.3. The fraction of sp³-hybridized carbons (Fsp3) is 0.421. The minimum Gasteiger partial charge on any atom is -0.468 e. The molecule has 1 fully saturated rings. The Labute approximate surface area is 157 Å². The van der Waals surface area contributed by atoms with Crippen LogP contribution in [0.25, 0.3) is 5.13 Å². The summed E-state index contributed by atoms with van der Waals surface area (Å²) in [5, 5.41) is 3.02. The molecular formula is C19H24N4O2S. The number of furan rings is 1. The third-order valence-corrected chi connectivity index (χ3v) is 5.41. The number of nitrogens with zero attached hydrogens (tertiary/aromatic N) is 4. The van der Waals surface area contributed by atoms with Crippen LogP contribution in [-0.2, 0) is 17.8 Å². The zero-order chi connectivity index (χ0) is 17.6. The van der Waals surface area contributed by atoms with Gasteiger partial charge in [-0.3, -0.25) is 14.4 Å². The van der Waals surface area contributed by atoms with Gasteiger partial charge in [0, 0.05) is 56.2 Å². The normalized spacial score (nSPS) is 15.7. The topological polar surface area (TPSA) is 46.7 Å². The molecule has 0 bridgehead atoms. The summed E-state index contributed by atoms with van der Waals surface area (Å²) < 4.78 is 13.2. The first-order valence-electron chi connectivity index (χ1n) is 8.99. The van der Waals surface area contributed by atoms with Crippen molar-refractivity contribution in [2.45, 2.75) is 13.1 Å². The number of rotatable bonds is 8. The molecule has 0 saturated carbocycles. The monoisotopic (exact) mass is 372 g/mol. The standard InChI is InChI=1S/C19H24N4O2S/c1-3-17(23(6-1)19-20-5-14-26-19)15-22(16-18-4-2-11-25-18)8-7-21-9-12-24-13-10-21/h1-6,11,14H,7-10,12-13,15-16H2. The van der Waals surface area contributed by atoms with Gasteiger partial charge in [-0.1, -0.05) is 0 Å². The zero-order valence-electron chi connectivity index (χ0n) is 14.8. The second-order valence-corrected chi connectivity index (χ2v) is 7.30. The SMILES string of the molecule is c1coc(CN(CCN2CCOCC2)Cc2cccn2-c2nccs2)c1. The lowest BCUT2D eigenvalue weighted by Crippen LogP contribution is -2.41. The van der Waals surface area contributed by atoms with E-state index in [4.69, 9.17) is 9.15 Å². The van der Waals surface area contributed by atoms with E-state index in [2.05, 4.69) is 37.7 Å². The van der Waals surface area contributed by atoms with Gasteiger partial charge in [-0.2, -0.15) is 0 Å². The smallest absolute Gasteiger partial charge is 0.193 e. The Hall–Kier alpha value is -1.93. The van der Waals surface area contributed by atoms with Gasteiger partial charge >= 0.3 is 0 Å². The predicted molar refractivity (Wildman–Crippen MR) is 102 cm³/mol. The average molecular weight is 372 g/mol. The summed E-state index contributed by atoms with van der Waals surface area (Å²) in [6, 6.07) is 8.25. The number of morpholine rings is 1. The van der Waals surface area contributed by atoms with Gasteiger partial charge in [0.15, 0.2) is 5.13 Å². The maximum atomic E-state index is 5.59. The first-order valence-corrected chi connectivity index (χ1v) is 9.87. The van der Waals surface area contributed by atoms with Gasteiger partial charge in [0.25, 0.3) is 0 Å². The van der Waals surface area contributed by atoms with E-state index in [1.54, 1.807) is 17.6 Å². The van der Waals surface area contributed by atoms with Gasteiger partial charge in [0.2, 0.25) is 0 Å². The van der Waals surface area contributed by atoms with E-state index >= 15 is 0 Å². The van der Waals surface area contributed by atoms with Crippen molar-refractivity contribution >= 4 is 11.3 Å². The van der Waals surface area contributed by atoms with E-state index in [-0.39, 0.29) is 0 Å². The third-order valence-electron chi connectivity index (χ3n) is 4.64. The molecule has 0 radical (unpaired) electrons. The van der Waals surface area contributed by atoms with Crippen molar-refractivity contribution in [1.82, 2.24) is 19.4 Å². The van der Waals surface area contributed by atoms with Gasteiger partial charge in [0.05, 0.1) is 26.0 Å². The minimum atomic E-state index is 0.806. The summed E-state index contributed by atoms with van der Waals surface area (Å²) in [4.78, 5) is 9.35. The van der Waals surface area contributed by atoms with E-state index in [9.17, 15) is 0 Å². The lowest BCUT2D eigenvalue weighted by Gasteiger charge is -2.29. The van der Waals surface area contributed by atoms with Gasteiger partial charge in [-0.05, 0) is 24.3 Å². The van der Waals surface area contributed by atoms with Gasteiger partial charge < -0.3 is 9.15 Å². The van der Waals surface area contributed by atoms with E-state index in [1.807, 2.05) is 23.7 Å². The van der Waals surface area contributed by atoms with Crippen LogP contribution in [0.5, 0.6) is 0 Å². The Balaban J connectivity index is 1.45. The fourth-order valence-corrected chi connectivity index (χ4v) is 3.90. The highest BCUT2D eigenvalue weighted by atomic mass is 32.1. The molecule has 138 valence electrons. The first kappa shape index (κ1) is 17.5. The molecule has 1 saturated heterocycles. The number of ether oxygens (including phenoxy) is 1. The van der Waals surface area contributed by atoms with Gasteiger partial charge in [-0.25, -0.2) is 4.98 Å². The number of aromatic nitrogens is 2. The van der Waals surface area contributed by atoms with E-state index in [1.165, 1.54) is 5.69 Å². The van der Waals surface area contributed by atoms with Crippen LogP contribution in [0.15, 0.2) is 52.7 Å². The molecule has 3 aromatic rings.